The van der Waals surface area contributed by atoms with Crippen molar-refractivity contribution in [1.29, 1.82) is 0 Å². The molecule has 0 bridgehead atoms. The third-order valence-corrected chi connectivity index (χ3v) is 5.56. The monoisotopic (exact) mass is 394 g/mol. The molecular formula is C22H30N6O. The number of ether oxygens (including phenoxy) is 1. The van der Waals surface area contributed by atoms with Crippen LogP contribution in [-0.2, 0) is 13.0 Å². The van der Waals surface area contributed by atoms with Gasteiger partial charge >= 0.3 is 6.01 Å². The number of nitrogens with one attached hydrogen (secondary N) is 2. The lowest BCUT2D eigenvalue weighted by Gasteiger charge is -2.12. The maximum atomic E-state index is 6.05. The van der Waals surface area contributed by atoms with Crippen LogP contribution >= 0.6 is 0 Å². The van der Waals surface area contributed by atoms with Gasteiger partial charge in [0.15, 0.2) is 11.3 Å². The maximum Gasteiger partial charge on any atom is 0.319 e. The quantitative estimate of drug-likeness (QED) is 0.478. The van der Waals surface area contributed by atoms with Gasteiger partial charge in [0.25, 0.3) is 0 Å². The van der Waals surface area contributed by atoms with E-state index in [1.165, 1.54) is 36.8 Å². The molecule has 2 heterocycles. The molecule has 0 unspecified atom stereocenters. The molecule has 1 aliphatic carbocycles. The highest BCUT2D eigenvalue weighted by Crippen LogP contribution is 2.23. The first kappa shape index (κ1) is 19.6. The number of fused-ring (bicyclic) bond motifs is 1. The first-order valence-corrected chi connectivity index (χ1v) is 10.7. The van der Waals surface area contributed by atoms with Crippen molar-refractivity contribution in [2.45, 2.75) is 64.5 Å². The van der Waals surface area contributed by atoms with Crippen molar-refractivity contribution in [3.05, 3.63) is 41.1 Å². The van der Waals surface area contributed by atoms with E-state index >= 15 is 0 Å². The number of anilines is 1. The zero-order valence-corrected chi connectivity index (χ0v) is 17.1. The molecule has 3 aromatic rings. The Morgan fingerprint density at radius 2 is 1.86 bits per heavy atom. The average Bonchev–Trinajstić information content (AvgIpc) is 3.38. The number of H-pyrrole nitrogens is 1. The number of rotatable bonds is 9. The Morgan fingerprint density at radius 1 is 1.10 bits per heavy atom. The van der Waals surface area contributed by atoms with Crippen LogP contribution in [-0.4, -0.2) is 32.8 Å². The molecule has 1 fully saturated rings. The van der Waals surface area contributed by atoms with Gasteiger partial charge in [-0.3, -0.25) is 5.10 Å². The second kappa shape index (κ2) is 9.22. The summed E-state index contributed by atoms with van der Waals surface area (Å²) >= 11 is 0. The Bertz CT molecular complexity index is 930. The predicted molar refractivity (Wildman–Crippen MR) is 115 cm³/mol. The molecule has 0 aliphatic heterocycles. The molecule has 7 heteroatoms. The maximum absolute atomic E-state index is 6.05. The van der Waals surface area contributed by atoms with Gasteiger partial charge in [0.2, 0.25) is 0 Å². The van der Waals surface area contributed by atoms with E-state index in [0.29, 0.717) is 36.4 Å². The first-order valence-electron chi connectivity index (χ1n) is 10.7. The molecule has 2 aromatic heterocycles. The predicted octanol–water partition coefficient (Wildman–Crippen LogP) is 3.74. The van der Waals surface area contributed by atoms with Gasteiger partial charge in [-0.05, 0) is 30.4 Å². The van der Waals surface area contributed by atoms with Crippen LogP contribution in [0.3, 0.4) is 0 Å². The Hall–Kier alpha value is -2.67. The largest absolute Gasteiger partial charge is 0.463 e. The number of hydrogen-bond acceptors (Lipinski definition) is 6. The average molecular weight is 395 g/mol. The number of unbranched alkanes of at least 4 members (excludes halogenated alkanes) is 1. The molecule has 0 amide bonds. The fourth-order valence-electron chi connectivity index (χ4n) is 3.81. The van der Waals surface area contributed by atoms with Crippen LogP contribution in [0, 0.1) is 0 Å². The molecule has 29 heavy (non-hydrogen) atoms. The van der Waals surface area contributed by atoms with E-state index in [-0.39, 0.29) is 0 Å². The second-order valence-electron chi connectivity index (χ2n) is 7.85. The molecular weight excluding hydrogens is 364 g/mol. The topological polar surface area (TPSA) is 102 Å². The Labute approximate surface area is 171 Å². The van der Waals surface area contributed by atoms with E-state index in [1.54, 1.807) is 0 Å². The summed E-state index contributed by atoms with van der Waals surface area (Å²) in [6.45, 7) is 3.64. The molecule has 0 saturated heterocycles. The van der Waals surface area contributed by atoms with Crippen molar-refractivity contribution in [3.63, 3.8) is 0 Å². The summed E-state index contributed by atoms with van der Waals surface area (Å²) in [6.07, 6.45) is 8.04. The number of nitrogens with two attached hydrogens (primary N) is 1. The minimum absolute atomic E-state index is 0.319. The van der Waals surface area contributed by atoms with Crippen molar-refractivity contribution in [2.75, 3.05) is 12.3 Å². The van der Waals surface area contributed by atoms with Crippen LogP contribution in [0.5, 0.6) is 6.01 Å². The van der Waals surface area contributed by atoms with Gasteiger partial charge in [0.05, 0.1) is 12.3 Å². The summed E-state index contributed by atoms with van der Waals surface area (Å²) < 4.78 is 5.64. The molecule has 4 N–H and O–H groups in total. The van der Waals surface area contributed by atoms with Gasteiger partial charge < -0.3 is 15.8 Å². The van der Waals surface area contributed by atoms with Gasteiger partial charge in [-0.15, -0.1) is 0 Å². The molecule has 1 aromatic carbocycles. The third kappa shape index (κ3) is 4.85. The van der Waals surface area contributed by atoms with Crippen LogP contribution in [0.15, 0.2) is 24.3 Å². The molecule has 0 radical (unpaired) electrons. The minimum atomic E-state index is 0.319. The van der Waals surface area contributed by atoms with Crippen LogP contribution in [0.4, 0.5) is 5.82 Å². The highest BCUT2D eigenvalue weighted by molar-refractivity contribution is 5.86. The zero-order chi connectivity index (χ0) is 20.1. The first-order chi connectivity index (χ1) is 14.2. The minimum Gasteiger partial charge on any atom is -0.463 e. The van der Waals surface area contributed by atoms with Crippen molar-refractivity contribution < 1.29 is 4.74 Å². The highest BCUT2D eigenvalue weighted by atomic mass is 16.5. The summed E-state index contributed by atoms with van der Waals surface area (Å²) in [5.41, 5.74) is 10.8. The molecule has 154 valence electrons. The van der Waals surface area contributed by atoms with E-state index in [0.717, 1.165) is 30.6 Å². The number of nitrogen functional groups attached to an aromatic ring is 1. The highest BCUT2D eigenvalue weighted by Gasteiger charge is 2.15. The van der Waals surface area contributed by atoms with Crippen LogP contribution < -0.4 is 15.8 Å². The van der Waals surface area contributed by atoms with Crippen LogP contribution in [0.2, 0.25) is 0 Å². The smallest absolute Gasteiger partial charge is 0.319 e. The number of aromatic nitrogens is 4. The van der Waals surface area contributed by atoms with Gasteiger partial charge in [-0.2, -0.15) is 15.1 Å². The number of hydrogen-bond donors (Lipinski definition) is 3. The third-order valence-electron chi connectivity index (χ3n) is 5.56. The van der Waals surface area contributed by atoms with E-state index in [4.69, 9.17) is 10.5 Å². The van der Waals surface area contributed by atoms with Crippen LogP contribution in [0.25, 0.3) is 11.0 Å². The van der Waals surface area contributed by atoms with E-state index in [1.807, 2.05) is 0 Å². The lowest BCUT2D eigenvalue weighted by Crippen LogP contribution is -2.25. The standard InChI is InChI=1S/C22H30N6O/c1-2-3-12-29-22-25-19-18(27-28-20(19)21(23)26-22)13-15-8-10-16(11-9-15)14-24-17-6-4-5-7-17/h8-11,17,24H,2-7,12-14H2,1H3,(H,27,28)(H2,23,25,26). The Kier molecular flexibility index (Phi) is 6.24. The molecule has 0 spiro atoms. The van der Waals surface area contributed by atoms with E-state index in [9.17, 15) is 0 Å². The van der Waals surface area contributed by atoms with Crippen molar-refractivity contribution >= 4 is 16.9 Å². The summed E-state index contributed by atoms with van der Waals surface area (Å²) in [5, 5.41) is 11.0. The van der Waals surface area contributed by atoms with Gasteiger partial charge in [0.1, 0.15) is 5.52 Å². The van der Waals surface area contributed by atoms with Crippen molar-refractivity contribution in [2.24, 2.45) is 0 Å². The van der Waals surface area contributed by atoms with Gasteiger partial charge in [-0.1, -0.05) is 50.5 Å². The summed E-state index contributed by atoms with van der Waals surface area (Å²) in [4.78, 5) is 8.75. The van der Waals surface area contributed by atoms with Crippen molar-refractivity contribution in [1.82, 2.24) is 25.5 Å². The number of benzene rings is 1. The van der Waals surface area contributed by atoms with E-state index in [2.05, 4.69) is 56.7 Å². The summed E-state index contributed by atoms with van der Waals surface area (Å²) in [5.74, 6) is 0.345. The molecule has 1 saturated carbocycles. The second-order valence-corrected chi connectivity index (χ2v) is 7.85. The Morgan fingerprint density at radius 3 is 2.62 bits per heavy atom. The molecule has 4 rings (SSSR count). The van der Waals surface area contributed by atoms with Gasteiger partial charge in [0, 0.05) is 19.0 Å². The Balaban J connectivity index is 1.44. The molecule has 7 nitrogen and oxygen atoms in total. The lowest BCUT2D eigenvalue weighted by atomic mass is 10.1. The summed E-state index contributed by atoms with van der Waals surface area (Å²) in [7, 11) is 0. The molecule has 1 aliphatic rings. The van der Waals surface area contributed by atoms with Crippen molar-refractivity contribution in [3.8, 4) is 6.01 Å². The number of aromatic amines is 1. The fraction of sp³-hybridized carbons (Fsp3) is 0.500. The normalized spacial score (nSPS) is 14.7. The van der Waals surface area contributed by atoms with Crippen LogP contribution in [0.1, 0.15) is 62.3 Å². The van der Waals surface area contributed by atoms with E-state index < -0.39 is 0 Å². The molecule has 0 atom stereocenters. The summed E-state index contributed by atoms with van der Waals surface area (Å²) in [6, 6.07) is 9.73. The SMILES string of the molecule is CCCCOc1nc(N)c2n[nH]c(Cc3ccc(CNC4CCCC4)cc3)c2n1. The lowest BCUT2D eigenvalue weighted by molar-refractivity contribution is 0.287. The van der Waals surface area contributed by atoms with Gasteiger partial charge in [-0.25, -0.2) is 0 Å². The fourth-order valence-corrected chi connectivity index (χ4v) is 3.81. The number of nitrogens with zero attached hydrogens (tertiary/aromatic N) is 3. The zero-order valence-electron chi connectivity index (χ0n) is 17.1.